The number of phosphoric acid groups is 1. The molecule has 0 aliphatic carbocycles. The van der Waals surface area contributed by atoms with Crippen LogP contribution in [-0.4, -0.2) is 58.0 Å². The maximum atomic E-state index is 11.8. The molecule has 0 aromatic carbocycles. The van der Waals surface area contributed by atoms with Gasteiger partial charge in [0.1, 0.15) is 18.3 Å². The summed E-state index contributed by atoms with van der Waals surface area (Å²) < 4.78 is 26.3. The van der Waals surface area contributed by atoms with E-state index in [1.54, 1.807) is 6.08 Å². The van der Waals surface area contributed by atoms with Crippen molar-refractivity contribution >= 4 is 7.82 Å². The van der Waals surface area contributed by atoms with Gasteiger partial charge in [0.2, 0.25) is 0 Å². The molecule has 0 aromatic rings. The summed E-state index contributed by atoms with van der Waals surface area (Å²) in [6, 6.07) is 0. The van der Waals surface area contributed by atoms with Crippen LogP contribution in [0.5, 0.6) is 0 Å². The average molecular weight is 383 g/mol. The summed E-state index contributed by atoms with van der Waals surface area (Å²) in [4.78, 5) is 9.64. The summed E-state index contributed by atoms with van der Waals surface area (Å²) >= 11 is 0. The molecule has 1 aliphatic rings. The molecule has 1 fully saturated rings. The van der Waals surface area contributed by atoms with Crippen molar-refractivity contribution in [1.29, 1.82) is 0 Å². The number of aliphatic hydroxyl groups is 3. The number of phosphoric ester groups is 1. The van der Waals surface area contributed by atoms with E-state index in [0.717, 1.165) is 18.4 Å². The highest BCUT2D eigenvalue weighted by Crippen LogP contribution is 2.46. The molecule has 0 radical (unpaired) electrons. The summed E-state index contributed by atoms with van der Waals surface area (Å²) in [6.45, 7) is 5.22. The van der Waals surface area contributed by atoms with Crippen LogP contribution in [0.25, 0.3) is 0 Å². The number of hydrogen-bond acceptors (Lipinski definition) is 8. The highest BCUT2D eigenvalue weighted by molar-refractivity contribution is 7.47. The summed E-state index contributed by atoms with van der Waals surface area (Å²) in [5, 5.41) is 28.2. The van der Waals surface area contributed by atoms with E-state index < -0.39 is 39.0 Å². The van der Waals surface area contributed by atoms with E-state index in [-0.39, 0.29) is 12.8 Å². The Bertz CT molecular complexity index is 506. The van der Waals surface area contributed by atoms with Gasteiger partial charge >= 0.3 is 7.82 Å². The fraction of sp³-hybridized carbons (Fsp3) is 0.733. The van der Waals surface area contributed by atoms with Crippen LogP contribution in [0.4, 0.5) is 0 Å². The lowest BCUT2D eigenvalue weighted by atomic mass is 10.1. The molecular weight excluding hydrogens is 353 g/mol. The fourth-order valence-corrected chi connectivity index (χ4v) is 2.84. The molecule has 0 spiro atoms. The second-order valence-electron chi connectivity index (χ2n) is 5.95. The summed E-state index contributed by atoms with van der Waals surface area (Å²) in [6.07, 6.45) is -0.134. The van der Waals surface area contributed by atoms with Crippen molar-refractivity contribution in [2.75, 3.05) is 13.2 Å². The minimum atomic E-state index is -4.47. The fourth-order valence-electron chi connectivity index (χ4n) is 2.08. The van der Waals surface area contributed by atoms with Gasteiger partial charge in [0, 0.05) is 0 Å². The van der Waals surface area contributed by atoms with Crippen molar-refractivity contribution in [3.05, 3.63) is 23.3 Å². The Hall–Kier alpha value is -0.610. The zero-order valence-corrected chi connectivity index (χ0v) is 15.8. The molecule has 0 bridgehead atoms. The first-order chi connectivity index (χ1) is 11.2. The van der Waals surface area contributed by atoms with Gasteiger partial charge in [0.15, 0.2) is 6.29 Å². The van der Waals surface area contributed by atoms with E-state index in [1.807, 2.05) is 20.8 Å². The Morgan fingerprint density at radius 2 is 1.84 bits per heavy atom. The first kappa shape index (κ1) is 24.4. The molecule has 1 heterocycles. The Kier molecular flexibility index (Phi) is 10.9. The first-order valence-corrected chi connectivity index (χ1v) is 9.23. The van der Waals surface area contributed by atoms with Crippen LogP contribution in [0.15, 0.2) is 23.3 Å². The normalized spacial score (nSPS) is 29.0. The van der Waals surface area contributed by atoms with Gasteiger partial charge in [-0.3, -0.25) is 9.05 Å². The van der Waals surface area contributed by atoms with Gasteiger partial charge in [-0.1, -0.05) is 23.3 Å². The lowest BCUT2D eigenvalue weighted by Gasteiger charge is -2.18. The molecule has 25 heavy (non-hydrogen) atoms. The van der Waals surface area contributed by atoms with E-state index in [9.17, 15) is 19.7 Å². The third kappa shape index (κ3) is 8.54. The second kappa shape index (κ2) is 11.2. The summed E-state index contributed by atoms with van der Waals surface area (Å²) in [7, 11) is -4.47. The SMILES string of the molecule is CC(C)=CCC/C(C)=C\COP(=O)(O)O[C@@H]1O[C@H](CO)[C@@H](O)[C@@H]1O.N. The van der Waals surface area contributed by atoms with Gasteiger partial charge in [-0.2, -0.15) is 0 Å². The van der Waals surface area contributed by atoms with Crippen LogP contribution in [-0.2, 0) is 18.3 Å². The molecule has 7 N–H and O–H groups in total. The Labute approximate surface area is 148 Å². The van der Waals surface area contributed by atoms with Crippen molar-refractivity contribution < 1.29 is 38.6 Å². The molecule has 1 aliphatic heterocycles. The number of hydrogen-bond donors (Lipinski definition) is 5. The average Bonchev–Trinajstić information content (AvgIpc) is 2.74. The van der Waals surface area contributed by atoms with Crippen LogP contribution in [0, 0.1) is 0 Å². The number of allylic oxidation sites excluding steroid dienone is 3. The highest BCUT2D eigenvalue weighted by atomic mass is 31.2. The van der Waals surface area contributed by atoms with E-state index >= 15 is 0 Å². The molecule has 5 atom stereocenters. The maximum Gasteiger partial charge on any atom is 0.474 e. The van der Waals surface area contributed by atoms with E-state index in [4.69, 9.17) is 18.9 Å². The Balaban J connectivity index is 0.00000576. The van der Waals surface area contributed by atoms with E-state index in [1.165, 1.54) is 5.57 Å². The van der Waals surface area contributed by atoms with Crippen molar-refractivity contribution in [2.24, 2.45) is 0 Å². The van der Waals surface area contributed by atoms with Gasteiger partial charge in [0.25, 0.3) is 0 Å². The summed E-state index contributed by atoms with van der Waals surface area (Å²) in [5.74, 6) is 0. The molecule has 1 saturated heterocycles. The largest absolute Gasteiger partial charge is 0.474 e. The second-order valence-corrected chi connectivity index (χ2v) is 7.35. The van der Waals surface area contributed by atoms with Crippen molar-refractivity contribution in [3.8, 4) is 0 Å². The van der Waals surface area contributed by atoms with Crippen LogP contribution in [0.3, 0.4) is 0 Å². The molecular formula is C15H30NO8P. The summed E-state index contributed by atoms with van der Waals surface area (Å²) in [5.41, 5.74) is 2.23. The third-order valence-electron chi connectivity index (χ3n) is 3.50. The molecule has 0 amide bonds. The van der Waals surface area contributed by atoms with Gasteiger partial charge in [-0.25, -0.2) is 4.57 Å². The van der Waals surface area contributed by atoms with Crippen molar-refractivity contribution in [2.45, 2.75) is 58.2 Å². The molecule has 1 unspecified atom stereocenters. The van der Waals surface area contributed by atoms with E-state index in [0.29, 0.717) is 0 Å². The smallest absolute Gasteiger partial charge is 0.394 e. The van der Waals surface area contributed by atoms with Crippen molar-refractivity contribution in [3.63, 3.8) is 0 Å². The molecule has 148 valence electrons. The number of ether oxygens (including phenoxy) is 1. The zero-order valence-electron chi connectivity index (χ0n) is 14.9. The number of rotatable bonds is 9. The molecule has 0 saturated carbocycles. The van der Waals surface area contributed by atoms with Gasteiger partial charge in [0.05, 0.1) is 13.2 Å². The zero-order chi connectivity index (χ0) is 18.3. The van der Waals surface area contributed by atoms with Gasteiger partial charge in [-0.15, -0.1) is 0 Å². The van der Waals surface area contributed by atoms with Crippen LogP contribution in [0.1, 0.15) is 33.6 Å². The molecule has 0 aromatic heterocycles. The minimum absolute atomic E-state index is 0. The van der Waals surface area contributed by atoms with Crippen LogP contribution >= 0.6 is 7.82 Å². The van der Waals surface area contributed by atoms with Crippen molar-refractivity contribution in [1.82, 2.24) is 6.15 Å². The van der Waals surface area contributed by atoms with E-state index in [2.05, 4.69) is 6.08 Å². The quantitative estimate of drug-likeness (QED) is 0.293. The van der Waals surface area contributed by atoms with Gasteiger partial charge in [-0.05, 0) is 33.6 Å². The number of aliphatic hydroxyl groups excluding tert-OH is 3. The lowest BCUT2D eigenvalue weighted by Crippen LogP contribution is -2.34. The van der Waals surface area contributed by atoms with Crippen LogP contribution < -0.4 is 6.15 Å². The standard InChI is InChI=1S/C15H27O8P.H3N/c1-10(2)5-4-6-11(3)7-8-21-24(19,20)23-15-14(18)13(17)12(9-16)22-15;/h5,7,12-18H,4,6,8-9H2,1-3H3,(H,19,20);1H3/b11-7-;/t12-,13-,14+,15+;/m1./s1. The Morgan fingerprint density at radius 1 is 1.20 bits per heavy atom. The minimum Gasteiger partial charge on any atom is -0.394 e. The first-order valence-electron chi connectivity index (χ1n) is 7.73. The lowest BCUT2D eigenvalue weighted by molar-refractivity contribution is -0.127. The Morgan fingerprint density at radius 3 is 2.36 bits per heavy atom. The predicted molar refractivity (Wildman–Crippen MR) is 92.1 cm³/mol. The monoisotopic (exact) mass is 383 g/mol. The maximum absolute atomic E-state index is 11.8. The third-order valence-corrected chi connectivity index (χ3v) is 4.45. The van der Waals surface area contributed by atoms with Crippen LogP contribution in [0.2, 0.25) is 0 Å². The molecule has 10 heteroatoms. The highest BCUT2D eigenvalue weighted by Gasteiger charge is 2.46. The molecule has 1 rings (SSSR count). The predicted octanol–water partition coefficient (Wildman–Crippen LogP) is 1.41. The molecule has 9 nitrogen and oxygen atoms in total. The topological polar surface area (TPSA) is 161 Å². The van der Waals surface area contributed by atoms with Gasteiger partial charge < -0.3 is 31.1 Å².